The molecular weight excluding hydrogens is 1880 g/mol. The lowest BCUT2D eigenvalue weighted by Gasteiger charge is -2.39. The Morgan fingerprint density at radius 3 is 1.30 bits per heavy atom. The maximum absolute atomic E-state index is 14.2. The zero-order valence-electron chi connectivity index (χ0n) is 86.7. The predicted octanol–water partition coefficient (Wildman–Crippen LogP) is 22.8. The van der Waals surface area contributed by atoms with Crippen LogP contribution in [-0.4, -0.2) is 196 Å². The number of carbonyl (C=O) groups excluding carboxylic acids is 8. The number of thioether (sulfide) groups is 1. The van der Waals surface area contributed by atoms with Crippen LogP contribution in [0, 0.1) is 27.7 Å². The molecule has 0 aromatic heterocycles. The Bertz CT molecular complexity index is 6130. The van der Waals surface area contributed by atoms with Gasteiger partial charge in [0.1, 0.15) is 34.9 Å². The van der Waals surface area contributed by atoms with Gasteiger partial charge < -0.3 is 48.9 Å². The number of rotatable bonds is 37. The molecule has 0 bridgehead atoms. The molecule has 0 saturated carbocycles. The first-order valence-corrected chi connectivity index (χ1v) is 52.9. The van der Waals surface area contributed by atoms with Crippen molar-refractivity contribution in [2.75, 3.05) is 91.1 Å². The number of anilines is 1. The monoisotopic (exact) mass is 2020 g/mol. The Labute approximate surface area is 865 Å². The van der Waals surface area contributed by atoms with Crippen molar-refractivity contribution in [3.63, 3.8) is 0 Å². The molecule has 2 aliphatic rings. The Morgan fingerprint density at radius 1 is 0.448 bits per heavy atom. The lowest BCUT2D eigenvalue weighted by atomic mass is 9.80. The molecule has 1 atom stereocenters. The van der Waals surface area contributed by atoms with E-state index in [1.807, 2.05) is 213 Å². The molecule has 4 N–H and O–H groups in total. The van der Waals surface area contributed by atoms with E-state index >= 15 is 0 Å². The van der Waals surface area contributed by atoms with Gasteiger partial charge in [-0.3, -0.25) is 43.4 Å². The predicted molar refractivity (Wildman–Crippen MR) is 585 cm³/mol. The number of carbonyl (C=O) groups is 8. The molecule has 12 aromatic carbocycles. The third-order valence-electron chi connectivity index (χ3n) is 25.0. The van der Waals surface area contributed by atoms with Gasteiger partial charge in [0.15, 0.2) is 28.9 Å². The minimum Gasteiger partial charge on any atom is -0.491 e. The van der Waals surface area contributed by atoms with Crippen molar-refractivity contribution in [3.8, 4) is 5.75 Å². The number of unbranched alkanes of at least 4 members (excludes halogenated alkanes) is 3. The minimum atomic E-state index is -3.44. The zero-order chi connectivity index (χ0) is 106. The summed E-state index contributed by atoms with van der Waals surface area (Å²) in [5.74, 6) is -0.779. The van der Waals surface area contributed by atoms with Gasteiger partial charge in [0.05, 0.1) is 49.7 Å². The fourth-order valence-electron chi connectivity index (χ4n) is 16.5. The van der Waals surface area contributed by atoms with Gasteiger partial charge in [-0.1, -0.05) is 255 Å². The van der Waals surface area contributed by atoms with E-state index in [-0.39, 0.29) is 59.1 Å². The van der Waals surface area contributed by atoms with Gasteiger partial charge in [0.2, 0.25) is 18.4 Å². The molecule has 2 saturated heterocycles. The van der Waals surface area contributed by atoms with Crippen LogP contribution in [0.4, 0.5) is 5.69 Å². The molecule has 12 aromatic rings. The third kappa shape index (κ3) is 34.1. The summed E-state index contributed by atoms with van der Waals surface area (Å²) in [5, 5.41) is 42.8. The summed E-state index contributed by atoms with van der Waals surface area (Å²) in [6, 6.07) is 93.5. The highest BCUT2D eigenvalue weighted by Gasteiger charge is 2.42. The van der Waals surface area contributed by atoms with Crippen LogP contribution in [-0.2, 0) is 31.7 Å². The van der Waals surface area contributed by atoms with Gasteiger partial charge in [-0.05, 0) is 273 Å². The van der Waals surface area contributed by atoms with Gasteiger partial charge in [-0.15, -0.1) is 11.8 Å². The number of ether oxygens (including phenoxy) is 3. The van der Waals surface area contributed by atoms with Crippen molar-refractivity contribution in [2.24, 2.45) is 5.16 Å². The van der Waals surface area contributed by atoms with E-state index in [4.69, 9.17) is 24.2 Å². The van der Waals surface area contributed by atoms with Crippen molar-refractivity contribution in [1.82, 2.24) is 9.80 Å². The molecule has 0 spiro atoms. The summed E-state index contributed by atoms with van der Waals surface area (Å²) in [5.41, 5.74) is 7.75. The maximum atomic E-state index is 14.2. The summed E-state index contributed by atoms with van der Waals surface area (Å²) >= 11 is 3.32. The molecule has 2 heterocycles. The molecule has 0 aliphatic carbocycles. The minimum absolute atomic E-state index is 0.0512. The Balaban J connectivity index is 0.000000196. The molecule has 0 amide bonds. The van der Waals surface area contributed by atoms with Crippen LogP contribution >= 0.6 is 30.7 Å². The summed E-state index contributed by atoms with van der Waals surface area (Å²) in [7, 11) is 0.578. The van der Waals surface area contributed by atoms with Crippen LogP contribution in [0.3, 0.4) is 0 Å². The number of aliphatic hydroxyl groups excluding tert-OH is 1. The number of hydrogen-bond donors (Lipinski definition) is 4. The van der Waals surface area contributed by atoms with E-state index in [1.165, 1.54) is 57.6 Å². The number of aliphatic hydroxyl groups is 4. The van der Waals surface area contributed by atoms with Crippen LogP contribution in [0.15, 0.2) is 323 Å². The average molecular weight is 2020 g/mol. The van der Waals surface area contributed by atoms with Gasteiger partial charge >= 0.3 is 5.97 Å². The van der Waals surface area contributed by atoms with Crippen LogP contribution in [0.5, 0.6) is 5.75 Å². The largest absolute Gasteiger partial charge is 0.491 e. The van der Waals surface area contributed by atoms with E-state index in [0.717, 1.165) is 126 Å². The topological polar surface area (TPSA) is 294 Å². The van der Waals surface area contributed by atoms with Crippen molar-refractivity contribution in [2.45, 2.75) is 191 Å². The molecule has 2 fully saturated rings. The highest BCUT2D eigenvalue weighted by atomic mass is 32.2. The van der Waals surface area contributed by atoms with E-state index < -0.39 is 41.0 Å². The summed E-state index contributed by atoms with van der Waals surface area (Å²) in [6.07, 6.45) is 8.66. The van der Waals surface area contributed by atoms with Gasteiger partial charge in [0, 0.05) is 96.1 Å². The van der Waals surface area contributed by atoms with Gasteiger partial charge in [-0.2, -0.15) is 0 Å². The van der Waals surface area contributed by atoms with E-state index in [2.05, 4.69) is 77.0 Å². The van der Waals surface area contributed by atoms with E-state index in [9.17, 15) is 58.2 Å². The lowest BCUT2D eigenvalue weighted by Crippen LogP contribution is -2.54. The number of Topliss-reactive ketones (excluding diaryl/α,β-unsaturated/α-hetero) is 6. The van der Waals surface area contributed by atoms with Crippen molar-refractivity contribution >= 4 is 98.9 Å². The number of benzene rings is 12. The number of oxime groups is 1. The van der Waals surface area contributed by atoms with Gasteiger partial charge in [0.25, 0.3) is 0 Å². The normalized spacial score (nSPS) is 13.3. The summed E-state index contributed by atoms with van der Waals surface area (Å²) in [4.78, 5) is 116. The molecule has 21 nitrogen and oxygen atoms in total. The maximum Gasteiger partial charge on any atom is 0.365 e. The molecule has 145 heavy (non-hydrogen) atoms. The number of morpholine rings is 2. The number of nitrogens with zero attached hydrogens (tertiary/aromatic N) is 4. The quantitative estimate of drug-likeness (QED) is 0.00535. The molecule has 2 aliphatic heterocycles. The third-order valence-corrected chi connectivity index (χ3v) is 29.6. The molecular formula is C121H141N4O17PS2. The summed E-state index contributed by atoms with van der Waals surface area (Å²) < 4.78 is 30.1. The molecule has 24 heteroatoms. The highest BCUT2D eigenvalue weighted by Crippen LogP contribution is 2.48. The SMILES string of the molecule is CC(C)(O)C(=O)c1ccc(Cc2ccc(C(=O)C(C)(C)O)cc2)cc1.CC(C)(O)C(=O)c1ccc(OCCO)cc1.CCC(Cc1ccc(C)cc1)(C(=O)c1ccc(N2CCOCC2)cc1)N(C)C.CCCCCC/C(=N/OC(=O)c1ccccc1)C(=O)c1ccc(Sc2ccccc2)cc1.CSc1ccc(C(=O)C(C)(C)N2CCOCC2)cc1.Cc1cc(C)c(C(=O)P(=O)(c2ccccc2)c2ccccc2)c(C)c1. The standard InChI is InChI=1S/C27H27NO3S.C24H32N2O2.C22H21O2P.C21H24O4.C15H21NO2S.C12H16O4/c1-2-3-4-11-16-25(28-31-27(30)22-12-7-5-8-13-22)26(29)21-17-19-24(20-18-21)32-23-14-9-6-10-15-23;1-5-24(25(3)4,18-20-8-6-19(2)7-9-20)23(27)21-10-12-22(13-11-21)26-14-16-28-17-15-26;1-16-14-17(2)21(18(3)15-16)22(23)25(24,19-10-6-4-7-11-19)20-12-8-5-9-13-20;1-20(2,24)18(22)16-9-5-14(6-10-16)13-15-7-11-17(12-8-15)19(23)21(3,4)25;1-15(2,16-8-10-18-11-9-16)14(17)12-4-6-13(19-3)7-5-12;1-12(2,15)11(14)9-3-5-10(6-4-9)16-8-7-13/h5-10,12-15,17-20H,2-4,11,16H2,1H3;6-13H,5,14-18H2,1-4H3;4-15H,1-3H3;5-12,24-25H,13H2,1-4H3;4-7H,8-11H2,1-3H3;3-6,13,15H,7-8H2,1-2H3/b28-25-;;;;;. The lowest BCUT2D eigenvalue weighted by molar-refractivity contribution is -0.00431. The number of likely N-dealkylation sites (N-methyl/N-ethyl adjacent to an activating group) is 1. The smallest absolute Gasteiger partial charge is 0.365 e. The first kappa shape index (κ1) is 116. The fourth-order valence-corrected chi connectivity index (χ4v) is 20.4. The second-order valence-corrected chi connectivity index (χ2v) is 42.9. The van der Waals surface area contributed by atoms with Gasteiger partial charge in [-0.25, -0.2) is 4.79 Å². The molecule has 1 unspecified atom stereocenters. The molecule has 14 rings (SSSR count). The Morgan fingerprint density at radius 2 is 0.855 bits per heavy atom. The van der Waals surface area contributed by atoms with Crippen molar-refractivity contribution in [3.05, 3.63) is 387 Å². The summed E-state index contributed by atoms with van der Waals surface area (Å²) in [6.45, 7) is 31.5. The second kappa shape index (κ2) is 55.8. The first-order chi connectivity index (χ1) is 69.1. The average Bonchev–Trinajstić information content (AvgIpc) is 0.754. The van der Waals surface area contributed by atoms with E-state index in [1.54, 1.807) is 133 Å². The Hall–Kier alpha value is -12.3. The van der Waals surface area contributed by atoms with E-state index in [0.29, 0.717) is 82.2 Å². The fraction of sp³-hybridized carbons (Fsp3) is 0.331. The van der Waals surface area contributed by atoms with Crippen molar-refractivity contribution < 1.29 is 82.4 Å². The number of hydrogen-bond acceptors (Lipinski definition) is 23. The number of aryl methyl sites for hydroxylation is 4. The molecule has 764 valence electrons. The van der Waals surface area contributed by atoms with Crippen LogP contribution in [0.1, 0.15) is 230 Å². The van der Waals surface area contributed by atoms with Crippen LogP contribution in [0.25, 0.3) is 0 Å². The van der Waals surface area contributed by atoms with Crippen LogP contribution < -0.4 is 20.2 Å². The zero-order valence-corrected chi connectivity index (χ0v) is 89.3. The Kier molecular flexibility index (Phi) is 44.8. The number of ketones is 6. The molecule has 0 radical (unpaired) electrons. The van der Waals surface area contributed by atoms with Crippen LogP contribution in [0.2, 0.25) is 0 Å². The highest BCUT2D eigenvalue weighted by molar-refractivity contribution is 7.99. The second-order valence-electron chi connectivity index (χ2n) is 38.2. The first-order valence-electron chi connectivity index (χ1n) is 49.2. The van der Waals surface area contributed by atoms with Crippen molar-refractivity contribution in [1.29, 1.82) is 0 Å².